The van der Waals surface area contributed by atoms with E-state index in [9.17, 15) is 4.79 Å². The zero-order valence-corrected chi connectivity index (χ0v) is 12.1. The van der Waals surface area contributed by atoms with Gasteiger partial charge in [0.15, 0.2) is 5.82 Å². The highest BCUT2D eigenvalue weighted by Gasteiger charge is 2.33. The van der Waals surface area contributed by atoms with Crippen LogP contribution in [0.1, 0.15) is 59.7 Å². The lowest BCUT2D eigenvalue weighted by atomic mass is 9.69. The number of nitrogens with zero attached hydrogens (tertiary/aromatic N) is 3. The number of hydrogen-bond acceptors (Lipinski definition) is 4. The molecule has 5 heteroatoms. The van der Waals surface area contributed by atoms with Crippen molar-refractivity contribution < 1.29 is 4.79 Å². The van der Waals surface area contributed by atoms with Crippen LogP contribution < -0.4 is 0 Å². The van der Waals surface area contributed by atoms with Gasteiger partial charge in [-0.1, -0.05) is 39.3 Å². The van der Waals surface area contributed by atoms with Crippen LogP contribution >= 0.6 is 0 Å². The standard InChI is InChI=1S/C13H24N4O/c1-6-13(5,7-10(2)18)9-12(3,4)8-11-14-16-17-15-11/h6-9H2,1-5H3,(H,14,15,16,17). The Balaban J connectivity index is 2.70. The van der Waals surface area contributed by atoms with Gasteiger partial charge in [-0.3, -0.25) is 0 Å². The van der Waals surface area contributed by atoms with Crippen LogP contribution in [-0.2, 0) is 11.2 Å². The molecule has 0 fully saturated rings. The third-order valence-corrected chi connectivity index (χ3v) is 3.46. The lowest BCUT2D eigenvalue weighted by Crippen LogP contribution is -2.29. The van der Waals surface area contributed by atoms with Crippen LogP contribution in [0.2, 0.25) is 0 Å². The van der Waals surface area contributed by atoms with Crippen LogP contribution in [0.3, 0.4) is 0 Å². The summed E-state index contributed by atoms with van der Waals surface area (Å²) in [5.41, 5.74) is 0.114. The summed E-state index contributed by atoms with van der Waals surface area (Å²) in [5.74, 6) is 0.996. The Bertz CT molecular complexity index is 386. The minimum absolute atomic E-state index is 0.0546. The summed E-state index contributed by atoms with van der Waals surface area (Å²) >= 11 is 0. The van der Waals surface area contributed by atoms with Gasteiger partial charge in [0.2, 0.25) is 0 Å². The number of Topliss-reactive ketones (excluding diaryl/α,β-unsaturated/α-hetero) is 1. The fourth-order valence-electron chi connectivity index (χ4n) is 2.82. The molecule has 0 aliphatic carbocycles. The van der Waals surface area contributed by atoms with Crippen molar-refractivity contribution in [1.82, 2.24) is 20.6 Å². The Morgan fingerprint density at radius 2 is 2.00 bits per heavy atom. The van der Waals surface area contributed by atoms with Gasteiger partial charge in [0.1, 0.15) is 5.78 Å². The average molecular weight is 252 g/mol. The van der Waals surface area contributed by atoms with Crippen molar-refractivity contribution in [2.24, 2.45) is 10.8 Å². The summed E-state index contributed by atoms with van der Waals surface area (Å²) in [5, 5.41) is 14.1. The molecule has 18 heavy (non-hydrogen) atoms. The molecule has 1 aromatic heterocycles. The number of H-pyrrole nitrogens is 1. The van der Waals surface area contributed by atoms with Crippen LogP contribution in [0.4, 0.5) is 0 Å². The van der Waals surface area contributed by atoms with Gasteiger partial charge in [0.05, 0.1) is 0 Å². The molecule has 0 spiro atoms. The van der Waals surface area contributed by atoms with Crippen LogP contribution in [-0.4, -0.2) is 26.4 Å². The molecule has 1 aromatic rings. The summed E-state index contributed by atoms with van der Waals surface area (Å²) in [4.78, 5) is 11.4. The Kier molecular flexibility index (Phi) is 4.59. The highest BCUT2D eigenvalue weighted by molar-refractivity contribution is 5.76. The summed E-state index contributed by atoms with van der Waals surface area (Å²) in [6.07, 6.45) is 3.39. The highest BCUT2D eigenvalue weighted by atomic mass is 16.1. The number of aromatic amines is 1. The first-order valence-electron chi connectivity index (χ1n) is 6.48. The Morgan fingerprint density at radius 3 is 2.44 bits per heavy atom. The summed E-state index contributed by atoms with van der Waals surface area (Å²) < 4.78 is 0. The first-order chi connectivity index (χ1) is 8.26. The van der Waals surface area contributed by atoms with E-state index in [1.807, 2.05) is 0 Å². The van der Waals surface area contributed by atoms with Gasteiger partial charge in [-0.15, -0.1) is 10.2 Å². The largest absolute Gasteiger partial charge is 0.300 e. The molecule has 1 N–H and O–H groups in total. The van der Waals surface area contributed by atoms with Gasteiger partial charge in [0, 0.05) is 12.8 Å². The number of nitrogens with one attached hydrogen (secondary N) is 1. The van der Waals surface area contributed by atoms with E-state index in [-0.39, 0.29) is 16.6 Å². The lowest BCUT2D eigenvalue weighted by Gasteiger charge is -2.36. The number of aromatic nitrogens is 4. The lowest BCUT2D eigenvalue weighted by molar-refractivity contribution is -0.119. The Labute approximate surface area is 109 Å². The molecule has 1 heterocycles. The van der Waals surface area contributed by atoms with Crippen molar-refractivity contribution in [3.8, 4) is 0 Å². The third-order valence-electron chi connectivity index (χ3n) is 3.46. The second kappa shape index (κ2) is 5.59. The van der Waals surface area contributed by atoms with Gasteiger partial charge in [-0.2, -0.15) is 5.21 Å². The van der Waals surface area contributed by atoms with E-state index in [4.69, 9.17) is 0 Å². The topological polar surface area (TPSA) is 71.5 Å². The average Bonchev–Trinajstić information content (AvgIpc) is 2.67. The van der Waals surface area contributed by atoms with E-state index in [1.165, 1.54) is 0 Å². The molecule has 1 rings (SSSR count). The highest BCUT2D eigenvalue weighted by Crippen LogP contribution is 2.40. The first kappa shape index (κ1) is 14.8. The van der Waals surface area contributed by atoms with Crippen molar-refractivity contribution in [3.05, 3.63) is 5.82 Å². The summed E-state index contributed by atoms with van der Waals surface area (Å²) in [7, 11) is 0. The van der Waals surface area contributed by atoms with Crippen molar-refractivity contribution in [2.45, 2.75) is 60.3 Å². The predicted octanol–water partition coefficient (Wildman–Crippen LogP) is 2.55. The fourth-order valence-corrected chi connectivity index (χ4v) is 2.82. The van der Waals surface area contributed by atoms with Gasteiger partial charge in [-0.25, -0.2) is 0 Å². The number of ketones is 1. The van der Waals surface area contributed by atoms with E-state index in [0.717, 1.165) is 25.1 Å². The molecule has 1 unspecified atom stereocenters. The summed E-state index contributed by atoms with van der Waals surface area (Å²) in [6.45, 7) is 10.4. The molecular formula is C13H24N4O. The minimum Gasteiger partial charge on any atom is -0.300 e. The molecule has 102 valence electrons. The molecule has 0 bridgehead atoms. The van der Waals surface area contributed by atoms with E-state index in [1.54, 1.807) is 6.92 Å². The molecule has 0 aliphatic heterocycles. The molecular weight excluding hydrogens is 228 g/mol. The smallest absolute Gasteiger partial charge is 0.175 e. The Morgan fingerprint density at radius 1 is 1.33 bits per heavy atom. The van der Waals surface area contributed by atoms with Crippen molar-refractivity contribution in [2.75, 3.05) is 0 Å². The second-order valence-corrected chi connectivity index (χ2v) is 6.39. The monoisotopic (exact) mass is 252 g/mol. The maximum Gasteiger partial charge on any atom is 0.175 e. The maximum absolute atomic E-state index is 11.4. The molecule has 0 saturated carbocycles. The van der Waals surface area contributed by atoms with Crippen molar-refractivity contribution in [3.63, 3.8) is 0 Å². The number of tetrazole rings is 1. The fraction of sp³-hybridized carbons (Fsp3) is 0.846. The van der Waals surface area contributed by atoms with Crippen LogP contribution in [0.5, 0.6) is 0 Å². The molecule has 0 amide bonds. The predicted molar refractivity (Wildman–Crippen MR) is 70.0 cm³/mol. The number of carbonyl (C=O) groups excluding carboxylic acids is 1. The zero-order chi connectivity index (χ0) is 13.8. The number of carbonyl (C=O) groups is 1. The van der Waals surface area contributed by atoms with Gasteiger partial charge >= 0.3 is 0 Å². The molecule has 5 nitrogen and oxygen atoms in total. The van der Waals surface area contributed by atoms with Gasteiger partial charge in [-0.05, 0) is 24.2 Å². The molecule has 0 aromatic carbocycles. The molecule has 0 saturated heterocycles. The zero-order valence-electron chi connectivity index (χ0n) is 12.1. The molecule has 0 aliphatic rings. The minimum atomic E-state index is 0.0546. The van der Waals surface area contributed by atoms with E-state index in [0.29, 0.717) is 6.42 Å². The van der Waals surface area contributed by atoms with E-state index in [2.05, 4.69) is 48.3 Å². The molecule has 1 atom stereocenters. The molecule has 0 radical (unpaired) electrons. The quantitative estimate of drug-likeness (QED) is 0.809. The van der Waals surface area contributed by atoms with Crippen LogP contribution in [0, 0.1) is 10.8 Å². The van der Waals surface area contributed by atoms with E-state index < -0.39 is 0 Å². The normalized spacial score (nSPS) is 15.4. The van der Waals surface area contributed by atoms with Gasteiger partial charge in [0.25, 0.3) is 0 Å². The van der Waals surface area contributed by atoms with Crippen molar-refractivity contribution in [1.29, 1.82) is 0 Å². The van der Waals surface area contributed by atoms with E-state index >= 15 is 0 Å². The Hall–Kier alpha value is -1.26. The second-order valence-electron chi connectivity index (χ2n) is 6.39. The first-order valence-corrected chi connectivity index (χ1v) is 6.48. The number of hydrogen-bond donors (Lipinski definition) is 1. The maximum atomic E-state index is 11.4. The van der Waals surface area contributed by atoms with Crippen molar-refractivity contribution >= 4 is 5.78 Å². The summed E-state index contributed by atoms with van der Waals surface area (Å²) in [6, 6.07) is 0. The SMILES string of the molecule is CCC(C)(CC(C)=O)CC(C)(C)Cc1nn[nH]n1. The van der Waals surface area contributed by atoms with Gasteiger partial charge < -0.3 is 4.79 Å². The number of rotatable bonds is 7. The third kappa shape index (κ3) is 4.55. The van der Waals surface area contributed by atoms with Crippen LogP contribution in [0.15, 0.2) is 0 Å². The van der Waals surface area contributed by atoms with Crippen LogP contribution in [0.25, 0.3) is 0 Å².